The molecule has 0 atom stereocenters. The molecule has 1 aliphatic heterocycles. The lowest BCUT2D eigenvalue weighted by molar-refractivity contribution is -0.151. The Morgan fingerprint density at radius 3 is 2.74 bits per heavy atom. The summed E-state index contributed by atoms with van der Waals surface area (Å²) in [6.07, 6.45) is 1.66. The highest BCUT2D eigenvalue weighted by Crippen LogP contribution is 2.20. The summed E-state index contributed by atoms with van der Waals surface area (Å²) < 4.78 is 5.04. The number of carbonyl (C=O) groups excluding carboxylic acids is 2. The number of thiophene rings is 1. The van der Waals surface area contributed by atoms with Crippen molar-refractivity contribution >= 4 is 23.2 Å². The van der Waals surface area contributed by atoms with E-state index in [2.05, 4.69) is 15.2 Å². The maximum atomic E-state index is 12.4. The quantitative estimate of drug-likeness (QED) is 0.752. The molecule has 0 aromatic carbocycles. The highest BCUT2D eigenvalue weighted by atomic mass is 32.1. The summed E-state index contributed by atoms with van der Waals surface area (Å²) in [7, 11) is 0. The van der Waals surface area contributed by atoms with Gasteiger partial charge < -0.3 is 14.6 Å². The van der Waals surface area contributed by atoms with Gasteiger partial charge in [-0.1, -0.05) is 6.07 Å². The molecule has 3 rings (SSSR count). The first kappa shape index (κ1) is 19.2. The highest BCUT2D eigenvalue weighted by Gasteiger charge is 2.28. The van der Waals surface area contributed by atoms with Crippen molar-refractivity contribution in [1.29, 1.82) is 0 Å². The molecule has 144 valence electrons. The molecule has 2 aromatic rings. The van der Waals surface area contributed by atoms with Crippen LogP contribution in [0.15, 0.2) is 22.3 Å². The molecule has 0 saturated carbocycles. The Balaban J connectivity index is 1.51. The van der Waals surface area contributed by atoms with E-state index in [1.165, 1.54) is 11.3 Å². The van der Waals surface area contributed by atoms with Crippen LogP contribution in [-0.2, 0) is 20.7 Å². The molecule has 8 nitrogen and oxygen atoms in total. The summed E-state index contributed by atoms with van der Waals surface area (Å²) in [5, 5.41) is 9.93. The molecule has 0 radical (unpaired) electrons. The van der Waals surface area contributed by atoms with Crippen molar-refractivity contribution in [1.82, 2.24) is 20.1 Å². The third kappa shape index (κ3) is 4.79. The van der Waals surface area contributed by atoms with Gasteiger partial charge in [0.15, 0.2) is 5.82 Å². The fraction of sp³-hybridized carbons (Fsp3) is 0.500. The molecule has 0 unspecified atom stereocenters. The van der Waals surface area contributed by atoms with Crippen LogP contribution < -0.4 is 5.56 Å². The summed E-state index contributed by atoms with van der Waals surface area (Å²) in [6.45, 7) is 3.22. The minimum atomic E-state index is -0.317. The minimum Gasteiger partial charge on any atom is -0.466 e. The van der Waals surface area contributed by atoms with Crippen LogP contribution in [0.2, 0.25) is 0 Å². The molecule has 1 aliphatic rings. The van der Waals surface area contributed by atoms with E-state index < -0.39 is 0 Å². The number of aryl methyl sites for hydroxylation is 1. The number of amides is 1. The van der Waals surface area contributed by atoms with Gasteiger partial charge in [-0.05, 0) is 31.2 Å². The van der Waals surface area contributed by atoms with Crippen LogP contribution in [0.4, 0.5) is 0 Å². The number of H-pyrrole nitrogens is 1. The van der Waals surface area contributed by atoms with E-state index in [1.54, 1.807) is 11.8 Å². The Kier molecular flexibility index (Phi) is 6.33. The number of piperidine rings is 1. The number of esters is 1. The van der Waals surface area contributed by atoms with Crippen LogP contribution in [0.25, 0.3) is 10.7 Å². The van der Waals surface area contributed by atoms with E-state index in [0.717, 1.165) is 4.88 Å². The minimum absolute atomic E-state index is 0.0409. The van der Waals surface area contributed by atoms with Crippen molar-refractivity contribution in [2.45, 2.75) is 32.6 Å². The van der Waals surface area contributed by atoms with E-state index in [-0.39, 0.29) is 41.9 Å². The van der Waals surface area contributed by atoms with E-state index in [0.29, 0.717) is 38.4 Å². The number of hydrogen-bond donors (Lipinski definition) is 1. The molecule has 1 fully saturated rings. The van der Waals surface area contributed by atoms with Gasteiger partial charge in [0.05, 0.1) is 17.4 Å². The SMILES string of the molecule is CCOC(=O)C1CCN(C(=O)CCc2nnc(-c3cccs3)[nH]c2=O)CC1. The number of nitrogens with one attached hydrogen (secondary N) is 1. The smallest absolute Gasteiger partial charge is 0.309 e. The monoisotopic (exact) mass is 390 g/mol. The molecule has 0 spiro atoms. The van der Waals surface area contributed by atoms with Crippen molar-refractivity contribution < 1.29 is 14.3 Å². The van der Waals surface area contributed by atoms with Crippen molar-refractivity contribution in [3.05, 3.63) is 33.6 Å². The topological polar surface area (TPSA) is 105 Å². The van der Waals surface area contributed by atoms with Gasteiger partial charge in [-0.3, -0.25) is 14.4 Å². The fourth-order valence-corrected chi connectivity index (χ4v) is 3.72. The van der Waals surface area contributed by atoms with Crippen molar-refractivity contribution in [3.8, 4) is 10.7 Å². The number of ether oxygens (including phenoxy) is 1. The van der Waals surface area contributed by atoms with E-state index in [4.69, 9.17) is 4.74 Å². The normalized spacial score (nSPS) is 14.9. The predicted molar refractivity (Wildman–Crippen MR) is 100 cm³/mol. The molecule has 1 N–H and O–H groups in total. The summed E-state index contributed by atoms with van der Waals surface area (Å²) in [4.78, 5) is 41.6. The average Bonchev–Trinajstić information content (AvgIpc) is 3.22. The number of carbonyl (C=O) groups is 2. The number of hydrogen-bond acceptors (Lipinski definition) is 7. The Labute approximate surface area is 160 Å². The van der Waals surface area contributed by atoms with Gasteiger partial charge in [0.2, 0.25) is 5.91 Å². The predicted octanol–water partition coefficient (Wildman–Crippen LogP) is 1.63. The Bertz CT molecular complexity index is 841. The van der Waals surface area contributed by atoms with Gasteiger partial charge in [-0.2, -0.15) is 0 Å². The van der Waals surface area contributed by atoms with Gasteiger partial charge >= 0.3 is 5.97 Å². The number of likely N-dealkylation sites (tertiary alicyclic amines) is 1. The maximum Gasteiger partial charge on any atom is 0.309 e. The van der Waals surface area contributed by atoms with E-state index in [1.807, 2.05) is 17.5 Å². The second-order valence-electron chi connectivity index (χ2n) is 6.33. The largest absolute Gasteiger partial charge is 0.466 e. The number of aromatic nitrogens is 3. The van der Waals surface area contributed by atoms with Crippen LogP contribution in [0.5, 0.6) is 0 Å². The van der Waals surface area contributed by atoms with Crippen LogP contribution in [0, 0.1) is 5.92 Å². The average molecular weight is 390 g/mol. The first-order valence-electron chi connectivity index (χ1n) is 9.02. The molecule has 1 saturated heterocycles. The molecule has 2 aromatic heterocycles. The molecule has 1 amide bonds. The van der Waals surface area contributed by atoms with E-state index >= 15 is 0 Å². The fourth-order valence-electron chi connectivity index (χ4n) is 3.06. The van der Waals surface area contributed by atoms with Gasteiger partial charge in [-0.15, -0.1) is 21.5 Å². The lowest BCUT2D eigenvalue weighted by atomic mass is 9.96. The lowest BCUT2D eigenvalue weighted by Crippen LogP contribution is -2.40. The van der Waals surface area contributed by atoms with Crippen molar-refractivity contribution in [3.63, 3.8) is 0 Å². The molecule has 0 aliphatic carbocycles. The molecule has 27 heavy (non-hydrogen) atoms. The number of aromatic amines is 1. The third-order valence-electron chi connectivity index (χ3n) is 4.56. The summed E-state index contributed by atoms with van der Waals surface area (Å²) >= 11 is 1.47. The molecule has 9 heteroatoms. The van der Waals surface area contributed by atoms with Gasteiger partial charge in [0.1, 0.15) is 5.69 Å². The van der Waals surface area contributed by atoms with Gasteiger partial charge in [-0.25, -0.2) is 0 Å². The summed E-state index contributed by atoms with van der Waals surface area (Å²) in [5.41, 5.74) is -0.0627. The number of nitrogens with zero attached hydrogens (tertiary/aromatic N) is 3. The Morgan fingerprint density at radius 1 is 1.33 bits per heavy atom. The Hall–Kier alpha value is -2.55. The maximum absolute atomic E-state index is 12.4. The van der Waals surface area contributed by atoms with E-state index in [9.17, 15) is 14.4 Å². The van der Waals surface area contributed by atoms with Crippen molar-refractivity contribution in [2.75, 3.05) is 19.7 Å². The van der Waals surface area contributed by atoms with Crippen LogP contribution in [0.1, 0.15) is 31.9 Å². The molecular formula is C18H22N4O4S. The first-order chi connectivity index (χ1) is 13.1. The summed E-state index contributed by atoms with van der Waals surface area (Å²) in [5.74, 6) is 0.0803. The zero-order valence-electron chi connectivity index (χ0n) is 15.1. The van der Waals surface area contributed by atoms with Crippen molar-refractivity contribution in [2.24, 2.45) is 5.92 Å². The molecule has 3 heterocycles. The van der Waals surface area contributed by atoms with Crippen LogP contribution >= 0.6 is 11.3 Å². The molecular weight excluding hydrogens is 368 g/mol. The lowest BCUT2D eigenvalue weighted by Gasteiger charge is -2.30. The summed E-state index contributed by atoms with van der Waals surface area (Å²) in [6, 6.07) is 3.73. The second kappa shape index (κ2) is 8.90. The standard InChI is InChI=1S/C18H22N4O4S/c1-2-26-18(25)12-7-9-22(10-8-12)15(23)6-5-13-17(24)19-16(21-20-13)14-4-3-11-27-14/h3-4,11-12H,2,5-10H2,1H3,(H,19,21,24). The second-order valence-corrected chi connectivity index (χ2v) is 7.28. The highest BCUT2D eigenvalue weighted by molar-refractivity contribution is 7.13. The number of rotatable bonds is 6. The van der Waals surface area contributed by atoms with Crippen LogP contribution in [0.3, 0.4) is 0 Å². The molecule has 0 bridgehead atoms. The third-order valence-corrected chi connectivity index (χ3v) is 5.44. The zero-order valence-corrected chi connectivity index (χ0v) is 16.0. The first-order valence-corrected chi connectivity index (χ1v) is 9.90. The zero-order chi connectivity index (χ0) is 19.2. The van der Waals surface area contributed by atoms with Gasteiger partial charge in [0.25, 0.3) is 5.56 Å². The van der Waals surface area contributed by atoms with Crippen LogP contribution in [-0.4, -0.2) is 51.7 Å². The van der Waals surface area contributed by atoms with Gasteiger partial charge in [0, 0.05) is 25.9 Å². The Morgan fingerprint density at radius 2 is 2.11 bits per heavy atom.